The summed E-state index contributed by atoms with van der Waals surface area (Å²) >= 11 is 0. The Morgan fingerprint density at radius 3 is 1.90 bits per heavy atom. The molecule has 0 aromatic heterocycles. The van der Waals surface area contributed by atoms with Crippen molar-refractivity contribution < 1.29 is 43.1 Å². The van der Waals surface area contributed by atoms with Crippen molar-refractivity contribution in [2.75, 3.05) is 40.9 Å². The number of rotatable bonds is 34. The number of quaternary nitrogens is 1. The van der Waals surface area contributed by atoms with Crippen LogP contribution in [0.5, 0.6) is 0 Å². The molecule has 5 N–H and O–H groups in total. The molecule has 1 unspecified atom stereocenters. The summed E-state index contributed by atoms with van der Waals surface area (Å²) in [5.74, 6) is -0.366. The van der Waals surface area contributed by atoms with Gasteiger partial charge in [-0.2, -0.15) is 0 Å². The summed E-state index contributed by atoms with van der Waals surface area (Å²) in [6.07, 6.45) is 33.4. The van der Waals surface area contributed by atoms with Crippen molar-refractivity contribution in [3.05, 3.63) is 60.8 Å². The Labute approximate surface area is 317 Å². The van der Waals surface area contributed by atoms with Crippen molar-refractivity contribution in [1.82, 2.24) is 5.32 Å². The minimum Gasteiger partial charge on any atom is -0.389 e. The quantitative estimate of drug-likeness (QED) is 0.0145. The highest BCUT2D eigenvalue weighted by molar-refractivity contribution is 7.47. The van der Waals surface area contributed by atoms with Crippen LogP contribution in [0.3, 0.4) is 0 Å². The highest BCUT2D eigenvalue weighted by Gasteiger charge is 2.27. The second-order valence-corrected chi connectivity index (χ2v) is 16.2. The molecule has 0 saturated carbocycles. The van der Waals surface area contributed by atoms with Gasteiger partial charge in [0.2, 0.25) is 5.91 Å². The van der Waals surface area contributed by atoms with Crippen LogP contribution in [0.4, 0.5) is 0 Å². The summed E-state index contributed by atoms with van der Waals surface area (Å²) in [6, 6.07) is -0.960. The third-order valence-corrected chi connectivity index (χ3v) is 9.41. The van der Waals surface area contributed by atoms with Gasteiger partial charge in [0.1, 0.15) is 13.2 Å². The molecule has 0 aliphatic heterocycles. The number of phosphoric acid groups is 1. The molecule has 302 valence electrons. The van der Waals surface area contributed by atoms with E-state index in [1.807, 2.05) is 33.3 Å². The molecule has 0 aromatic rings. The van der Waals surface area contributed by atoms with Gasteiger partial charge in [-0.05, 0) is 44.9 Å². The van der Waals surface area contributed by atoms with Crippen molar-refractivity contribution in [3.8, 4) is 0 Å². The molecule has 0 rings (SSSR count). The minimum atomic E-state index is -4.40. The van der Waals surface area contributed by atoms with Gasteiger partial charge in [-0.3, -0.25) is 13.8 Å². The molecule has 0 bridgehead atoms. The van der Waals surface area contributed by atoms with E-state index in [2.05, 4.69) is 25.2 Å². The summed E-state index contributed by atoms with van der Waals surface area (Å²) in [5, 5.41) is 34.0. The number of nitrogens with zero attached hydrogens (tertiary/aromatic N) is 1. The van der Waals surface area contributed by atoms with Gasteiger partial charge >= 0.3 is 7.82 Å². The number of amides is 1. The first-order valence-corrected chi connectivity index (χ1v) is 21.4. The molecule has 0 aromatic carbocycles. The maximum absolute atomic E-state index is 12.8. The smallest absolute Gasteiger partial charge is 0.389 e. The Morgan fingerprint density at radius 1 is 0.712 bits per heavy atom. The summed E-state index contributed by atoms with van der Waals surface area (Å²) < 4.78 is 23.3. The maximum Gasteiger partial charge on any atom is 0.472 e. The van der Waals surface area contributed by atoms with E-state index < -0.39 is 38.8 Å². The van der Waals surface area contributed by atoms with Crippen LogP contribution in [0, 0.1) is 0 Å². The molecular weight excluding hydrogens is 679 g/mol. The van der Waals surface area contributed by atoms with Crippen LogP contribution in [0.25, 0.3) is 0 Å². The Bertz CT molecular complexity index is 1070. The fourth-order valence-corrected chi connectivity index (χ4v) is 5.85. The third kappa shape index (κ3) is 33.9. The minimum absolute atomic E-state index is 0.0129. The van der Waals surface area contributed by atoms with E-state index in [4.69, 9.17) is 9.05 Å². The van der Waals surface area contributed by atoms with E-state index in [-0.39, 0.29) is 18.9 Å². The van der Waals surface area contributed by atoms with Crippen molar-refractivity contribution in [2.45, 2.75) is 154 Å². The number of likely N-dealkylation sites (N-methyl/N-ethyl adjacent to an activating group) is 1. The lowest BCUT2D eigenvalue weighted by molar-refractivity contribution is -0.870. The maximum atomic E-state index is 12.8. The molecule has 0 spiro atoms. The van der Waals surface area contributed by atoms with Gasteiger partial charge in [0.05, 0.1) is 52.1 Å². The number of aliphatic hydroxyl groups is 3. The second-order valence-electron chi connectivity index (χ2n) is 14.7. The van der Waals surface area contributed by atoms with E-state index >= 15 is 0 Å². The van der Waals surface area contributed by atoms with Crippen molar-refractivity contribution >= 4 is 13.7 Å². The zero-order chi connectivity index (χ0) is 38.9. The molecule has 0 fully saturated rings. The Balaban J connectivity index is 4.81. The van der Waals surface area contributed by atoms with Crippen LogP contribution in [0.1, 0.15) is 129 Å². The van der Waals surface area contributed by atoms with E-state index in [1.54, 1.807) is 42.5 Å². The third-order valence-electron chi connectivity index (χ3n) is 8.42. The Morgan fingerprint density at radius 2 is 1.27 bits per heavy atom. The van der Waals surface area contributed by atoms with Crippen molar-refractivity contribution in [1.29, 1.82) is 0 Å². The monoisotopic (exact) mass is 756 g/mol. The van der Waals surface area contributed by atoms with E-state index in [0.717, 1.165) is 25.7 Å². The predicted octanol–water partition coefficient (Wildman–Crippen LogP) is 8.24. The lowest BCUT2D eigenvalue weighted by Crippen LogP contribution is -2.45. The normalized spacial score (nSPS) is 16.4. The second kappa shape index (κ2) is 32.5. The number of allylic oxidation sites excluding steroid dienone is 6. The van der Waals surface area contributed by atoms with Gasteiger partial charge in [0.25, 0.3) is 0 Å². The van der Waals surface area contributed by atoms with Gasteiger partial charge in [-0.25, -0.2) is 4.57 Å². The number of hydrogen-bond donors (Lipinski definition) is 5. The molecule has 0 saturated heterocycles. The van der Waals surface area contributed by atoms with Crippen LogP contribution in [0.2, 0.25) is 0 Å². The summed E-state index contributed by atoms with van der Waals surface area (Å²) in [5.41, 5.74) is 0. The zero-order valence-electron chi connectivity index (χ0n) is 33.2. The first-order chi connectivity index (χ1) is 24.8. The topological polar surface area (TPSA) is 146 Å². The first kappa shape index (κ1) is 50.1. The van der Waals surface area contributed by atoms with E-state index in [9.17, 15) is 29.6 Å². The van der Waals surface area contributed by atoms with Gasteiger partial charge in [0, 0.05) is 6.42 Å². The molecule has 0 aliphatic rings. The van der Waals surface area contributed by atoms with Gasteiger partial charge in [-0.15, -0.1) is 0 Å². The Hall–Kier alpha value is -1.88. The van der Waals surface area contributed by atoms with Crippen LogP contribution in [-0.4, -0.2) is 95.9 Å². The van der Waals surface area contributed by atoms with Crippen molar-refractivity contribution in [2.24, 2.45) is 0 Å². The van der Waals surface area contributed by atoms with Crippen LogP contribution < -0.4 is 5.32 Å². The lowest BCUT2D eigenvalue weighted by Gasteiger charge is -2.25. The number of hydrogen-bond acceptors (Lipinski definition) is 7. The zero-order valence-corrected chi connectivity index (χ0v) is 34.1. The summed E-state index contributed by atoms with van der Waals surface area (Å²) in [6.45, 7) is 4.50. The van der Waals surface area contributed by atoms with Gasteiger partial charge < -0.3 is 30.0 Å². The van der Waals surface area contributed by atoms with E-state index in [0.29, 0.717) is 30.3 Å². The molecule has 52 heavy (non-hydrogen) atoms. The van der Waals surface area contributed by atoms with Crippen LogP contribution in [0.15, 0.2) is 60.8 Å². The highest BCUT2D eigenvalue weighted by Crippen LogP contribution is 2.43. The Kier molecular flexibility index (Phi) is 31.4. The number of unbranched alkanes of at least 4 members (excludes halogenated alkanes) is 12. The average molecular weight is 756 g/mol. The first-order valence-electron chi connectivity index (χ1n) is 19.9. The standard InChI is InChI=1S/C41H75N2O8P/c1-6-8-10-12-14-15-16-17-18-20-26-32-40(46)39(36-51-52(48,49)50-35-34-43(3,4)5)42-41(47)33-27-31-38(45)30-25-22-21-24-29-37(44)28-23-19-13-11-9-7-2/h19,21-26,29-30,32,37-40,44-46H,6-18,20,27-28,31,33-36H2,1-5H3,(H-,42,47,48,49)/p+1/b22-21+,23-19-,29-24+,30-25-,32-26+/t37-,38-,39-,40+/m0/s1. The molecule has 0 aliphatic carbocycles. The van der Waals surface area contributed by atoms with Crippen molar-refractivity contribution in [3.63, 3.8) is 0 Å². The molecule has 5 atom stereocenters. The largest absolute Gasteiger partial charge is 0.472 e. The SMILES string of the molecule is CCCCC/C=C\C[C@H](O)/C=C/C=C/C=C\[C@H](O)CCCC(=O)N[C@@H](COP(=O)(O)OCC[N+](C)(C)C)[C@H](O)/C=C/CCCCCCCCCCC. The number of carbonyl (C=O) groups is 1. The number of aliphatic hydroxyl groups excluding tert-OH is 3. The molecular formula is C41H76N2O8P+. The average Bonchev–Trinajstić information content (AvgIpc) is 3.07. The predicted molar refractivity (Wildman–Crippen MR) is 215 cm³/mol. The number of phosphoric ester groups is 1. The van der Waals surface area contributed by atoms with E-state index in [1.165, 1.54) is 64.2 Å². The van der Waals surface area contributed by atoms with Gasteiger partial charge in [0.15, 0.2) is 0 Å². The lowest BCUT2D eigenvalue weighted by atomic mass is 10.1. The highest BCUT2D eigenvalue weighted by atomic mass is 31.2. The van der Waals surface area contributed by atoms with Crippen LogP contribution in [-0.2, 0) is 18.4 Å². The fraction of sp³-hybridized carbons (Fsp3) is 0.732. The molecule has 0 radical (unpaired) electrons. The van der Waals surface area contributed by atoms with Crippen LogP contribution >= 0.6 is 7.82 Å². The molecule has 1 amide bonds. The fourth-order valence-electron chi connectivity index (χ4n) is 5.11. The summed E-state index contributed by atoms with van der Waals surface area (Å²) in [4.78, 5) is 23.0. The molecule has 10 nitrogen and oxygen atoms in total. The molecule has 11 heteroatoms. The number of nitrogens with one attached hydrogen (secondary N) is 1. The van der Waals surface area contributed by atoms with Gasteiger partial charge in [-0.1, -0.05) is 139 Å². The number of carbonyl (C=O) groups excluding carboxylic acids is 1. The summed E-state index contributed by atoms with van der Waals surface area (Å²) in [7, 11) is 1.40. The molecule has 0 heterocycles.